The van der Waals surface area contributed by atoms with E-state index in [2.05, 4.69) is 4.72 Å². The fraction of sp³-hybridized carbons (Fsp3) is 0.188. The number of hydrogen-bond acceptors (Lipinski definition) is 4. The number of ketones is 1. The molecule has 128 valence electrons. The molecule has 0 saturated carbocycles. The molecule has 2 aromatic rings. The van der Waals surface area contributed by atoms with E-state index in [4.69, 9.17) is 0 Å². The van der Waals surface area contributed by atoms with Gasteiger partial charge in [-0.3, -0.25) is 9.52 Å². The van der Waals surface area contributed by atoms with Gasteiger partial charge in [-0.25, -0.2) is 17.2 Å². The summed E-state index contributed by atoms with van der Waals surface area (Å²) in [4.78, 5) is 12.8. The second kappa shape index (κ2) is 7.31. The van der Waals surface area contributed by atoms with Crippen LogP contribution in [0.15, 0.2) is 47.4 Å². The molecule has 0 spiro atoms. The smallest absolute Gasteiger partial charge is 0.229 e. The predicted octanol–water partition coefficient (Wildman–Crippen LogP) is 3.70. The summed E-state index contributed by atoms with van der Waals surface area (Å²) in [5, 5.41) is -0.511. The highest BCUT2D eigenvalue weighted by molar-refractivity contribution is 8.00. The molecule has 1 atom stereocenters. The van der Waals surface area contributed by atoms with Crippen molar-refractivity contribution in [2.24, 2.45) is 0 Å². The number of nitrogens with one attached hydrogen (secondary N) is 1. The van der Waals surface area contributed by atoms with E-state index in [1.165, 1.54) is 30.3 Å². The van der Waals surface area contributed by atoms with Crippen LogP contribution < -0.4 is 4.72 Å². The maximum atomic E-state index is 13.2. The van der Waals surface area contributed by atoms with Crippen LogP contribution in [0.5, 0.6) is 0 Å². The topological polar surface area (TPSA) is 63.2 Å². The first-order valence-electron chi connectivity index (χ1n) is 6.89. The molecule has 0 unspecified atom stereocenters. The minimum Gasteiger partial charge on any atom is -0.293 e. The standard InChI is InChI=1S/C16H15F2NO3S2/c1-10(23-13-7-8-14(17)15(18)9-13)16(20)11-3-5-12(6-4-11)19-24(2,21)22/h3-10,19H,1-2H3/t10-/m1/s1. The van der Waals surface area contributed by atoms with Crippen LogP contribution in [0.25, 0.3) is 0 Å². The van der Waals surface area contributed by atoms with Gasteiger partial charge in [0.1, 0.15) is 0 Å². The van der Waals surface area contributed by atoms with Crippen molar-refractivity contribution < 1.29 is 22.0 Å². The van der Waals surface area contributed by atoms with Crippen molar-refractivity contribution in [3.8, 4) is 0 Å². The number of benzene rings is 2. The summed E-state index contributed by atoms with van der Waals surface area (Å²) in [7, 11) is -3.38. The van der Waals surface area contributed by atoms with Crippen molar-refractivity contribution in [1.29, 1.82) is 0 Å². The van der Waals surface area contributed by atoms with Gasteiger partial charge in [0.2, 0.25) is 10.0 Å². The van der Waals surface area contributed by atoms with Crippen molar-refractivity contribution in [3.63, 3.8) is 0 Å². The van der Waals surface area contributed by atoms with Crippen LogP contribution >= 0.6 is 11.8 Å². The van der Waals surface area contributed by atoms with Gasteiger partial charge in [0, 0.05) is 16.1 Å². The van der Waals surface area contributed by atoms with Crippen molar-refractivity contribution in [2.45, 2.75) is 17.1 Å². The van der Waals surface area contributed by atoms with Crippen LogP contribution in [0.1, 0.15) is 17.3 Å². The van der Waals surface area contributed by atoms with Crippen LogP contribution in [0.2, 0.25) is 0 Å². The van der Waals surface area contributed by atoms with Gasteiger partial charge < -0.3 is 0 Å². The van der Waals surface area contributed by atoms with Crippen molar-refractivity contribution >= 4 is 33.3 Å². The van der Waals surface area contributed by atoms with E-state index in [-0.39, 0.29) is 5.78 Å². The Balaban J connectivity index is 2.08. The third-order valence-electron chi connectivity index (χ3n) is 3.05. The number of carbonyl (C=O) groups is 1. The molecule has 0 aromatic heterocycles. The molecule has 0 aliphatic carbocycles. The molecule has 4 nitrogen and oxygen atoms in total. The van der Waals surface area contributed by atoms with Crippen LogP contribution in [-0.4, -0.2) is 25.7 Å². The Labute approximate surface area is 143 Å². The number of sulfonamides is 1. The molecule has 0 aliphatic rings. The van der Waals surface area contributed by atoms with E-state index in [1.807, 2.05) is 0 Å². The van der Waals surface area contributed by atoms with Gasteiger partial charge in [0.25, 0.3) is 0 Å². The summed E-state index contributed by atoms with van der Waals surface area (Å²) in [5.74, 6) is -2.10. The Morgan fingerprint density at radius 3 is 2.25 bits per heavy atom. The molecular weight excluding hydrogens is 356 g/mol. The minimum atomic E-state index is -3.38. The van der Waals surface area contributed by atoms with Crippen molar-refractivity contribution in [3.05, 3.63) is 59.7 Å². The molecule has 0 aliphatic heterocycles. The molecule has 2 aromatic carbocycles. The number of Topliss-reactive ketones (excluding diaryl/α,β-unsaturated/α-hetero) is 1. The molecule has 0 fully saturated rings. The largest absolute Gasteiger partial charge is 0.293 e. The normalized spacial score (nSPS) is 12.7. The lowest BCUT2D eigenvalue weighted by Crippen LogP contribution is -2.14. The highest BCUT2D eigenvalue weighted by Crippen LogP contribution is 2.27. The van der Waals surface area contributed by atoms with Gasteiger partial charge in [-0.15, -0.1) is 11.8 Å². The van der Waals surface area contributed by atoms with Crippen LogP contribution in [0.3, 0.4) is 0 Å². The first-order chi connectivity index (χ1) is 11.2. The maximum absolute atomic E-state index is 13.2. The van der Waals surface area contributed by atoms with Crippen molar-refractivity contribution in [1.82, 2.24) is 0 Å². The number of carbonyl (C=O) groups excluding carboxylic acids is 1. The van der Waals surface area contributed by atoms with E-state index in [9.17, 15) is 22.0 Å². The molecular formula is C16H15F2NO3S2. The Kier molecular flexibility index (Phi) is 5.61. The van der Waals surface area contributed by atoms with Crippen LogP contribution in [0, 0.1) is 11.6 Å². The molecule has 8 heteroatoms. The Morgan fingerprint density at radius 1 is 1.08 bits per heavy atom. The average Bonchev–Trinajstić information content (AvgIpc) is 2.49. The summed E-state index contributed by atoms with van der Waals surface area (Å²) in [6.07, 6.45) is 1.03. The fourth-order valence-corrected chi connectivity index (χ4v) is 3.49. The average molecular weight is 371 g/mol. The lowest BCUT2D eigenvalue weighted by Gasteiger charge is -2.11. The number of hydrogen-bond donors (Lipinski definition) is 1. The number of halogens is 2. The SMILES string of the molecule is C[C@@H](Sc1ccc(F)c(F)c1)C(=O)c1ccc(NS(C)(=O)=O)cc1. The predicted molar refractivity (Wildman–Crippen MR) is 90.9 cm³/mol. The summed E-state index contributed by atoms with van der Waals surface area (Å²) in [6, 6.07) is 9.47. The van der Waals surface area contributed by atoms with Gasteiger partial charge in [-0.05, 0) is 49.4 Å². The highest BCUT2D eigenvalue weighted by atomic mass is 32.2. The van der Waals surface area contributed by atoms with Gasteiger partial charge in [0.15, 0.2) is 17.4 Å². The number of thioether (sulfide) groups is 1. The third-order valence-corrected chi connectivity index (χ3v) is 4.75. The highest BCUT2D eigenvalue weighted by Gasteiger charge is 2.17. The minimum absolute atomic E-state index is 0.198. The third kappa shape index (κ3) is 5.04. The molecule has 2 rings (SSSR count). The zero-order valence-electron chi connectivity index (χ0n) is 12.9. The Morgan fingerprint density at radius 2 is 1.71 bits per heavy atom. The molecule has 24 heavy (non-hydrogen) atoms. The summed E-state index contributed by atoms with van der Waals surface area (Å²) >= 11 is 1.12. The van der Waals surface area contributed by atoms with Gasteiger partial charge in [-0.1, -0.05) is 0 Å². The van der Waals surface area contributed by atoms with E-state index < -0.39 is 26.9 Å². The quantitative estimate of drug-likeness (QED) is 0.621. The van der Waals surface area contributed by atoms with Crippen molar-refractivity contribution in [2.75, 3.05) is 11.0 Å². The number of anilines is 1. The summed E-state index contributed by atoms with van der Waals surface area (Å²) < 4.78 is 50.7. The van der Waals surface area contributed by atoms with E-state index >= 15 is 0 Å². The molecule has 0 heterocycles. The Bertz CT molecular complexity index is 852. The Hall–Kier alpha value is -1.93. The lowest BCUT2D eigenvalue weighted by atomic mass is 10.1. The second-order valence-corrected chi connectivity index (χ2v) is 8.31. The summed E-state index contributed by atoms with van der Waals surface area (Å²) in [6.45, 7) is 1.66. The number of rotatable bonds is 6. The maximum Gasteiger partial charge on any atom is 0.229 e. The zero-order chi connectivity index (χ0) is 17.9. The molecule has 1 N–H and O–H groups in total. The molecule has 0 bridgehead atoms. The van der Waals surface area contributed by atoms with Crippen LogP contribution in [-0.2, 0) is 10.0 Å². The van der Waals surface area contributed by atoms with E-state index in [1.54, 1.807) is 6.92 Å². The first kappa shape index (κ1) is 18.4. The second-order valence-electron chi connectivity index (χ2n) is 5.15. The zero-order valence-corrected chi connectivity index (χ0v) is 14.5. The fourth-order valence-electron chi connectivity index (χ4n) is 1.96. The molecule has 0 radical (unpaired) electrons. The molecule has 0 amide bonds. The lowest BCUT2D eigenvalue weighted by molar-refractivity contribution is 0.0994. The monoisotopic (exact) mass is 371 g/mol. The van der Waals surface area contributed by atoms with E-state index in [0.29, 0.717) is 16.1 Å². The molecule has 0 saturated heterocycles. The van der Waals surface area contributed by atoms with Gasteiger partial charge >= 0.3 is 0 Å². The van der Waals surface area contributed by atoms with Gasteiger partial charge in [-0.2, -0.15) is 0 Å². The summed E-state index contributed by atoms with van der Waals surface area (Å²) in [5.41, 5.74) is 0.756. The van der Waals surface area contributed by atoms with Crippen LogP contribution in [0.4, 0.5) is 14.5 Å². The van der Waals surface area contributed by atoms with E-state index in [0.717, 1.165) is 30.2 Å². The first-order valence-corrected chi connectivity index (χ1v) is 9.66. The van der Waals surface area contributed by atoms with Gasteiger partial charge in [0.05, 0.1) is 11.5 Å².